The quantitative estimate of drug-likeness (QED) is 0.592. The second-order valence-corrected chi connectivity index (χ2v) is 5.50. The van der Waals surface area contributed by atoms with Crippen molar-refractivity contribution in [2.24, 2.45) is 5.92 Å². The van der Waals surface area contributed by atoms with Gasteiger partial charge in [-0.3, -0.25) is 0 Å². The van der Waals surface area contributed by atoms with E-state index in [1.807, 2.05) is 0 Å². The lowest BCUT2D eigenvalue weighted by Crippen LogP contribution is -2.18. The lowest BCUT2D eigenvalue weighted by atomic mass is 9.90. The summed E-state index contributed by atoms with van der Waals surface area (Å²) in [5.74, 6) is 0.736. The largest absolute Gasteiger partial charge is 0.444 e. The highest BCUT2D eigenvalue weighted by atomic mass is 16.6. The summed E-state index contributed by atoms with van der Waals surface area (Å²) < 4.78 is 5.25. The molecule has 0 spiro atoms. The summed E-state index contributed by atoms with van der Waals surface area (Å²) >= 11 is 0. The van der Waals surface area contributed by atoms with E-state index in [1.165, 1.54) is 51.4 Å². The minimum absolute atomic E-state index is 0.116. The van der Waals surface area contributed by atoms with Crippen molar-refractivity contribution in [2.75, 3.05) is 6.54 Å². The van der Waals surface area contributed by atoms with Crippen LogP contribution in [0.5, 0.6) is 0 Å². The van der Waals surface area contributed by atoms with Crippen LogP contribution in [0.3, 0.4) is 0 Å². The highest BCUT2D eigenvalue weighted by Gasteiger charge is 2.25. The minimum Gasteiger partial charge on any atom is -0.444 e. The van der Waals surface area contributed by atoms with Gasteiger partial charge in [-0.2, -0.15) is 0 Å². The van der Waals surface area contributed by atoms with Gasteiger partial charge in [-0.05, 0) is 12.3 Å². The van der Waals surface area contributed by atoms with E-state index >= 15 is 0 Å². The molecule has 3 nitrogen and oxygen atoms in total. The van der Waals surface area contributed by atoms with Crippen LogP contribution in [0.15, 0.2) is 0 Å². The van der Waals surface area contributed by atoms with Crippen LogP contribution in [-0.4, -0.2) is 18.7 Å². The van der Waals surface area contributed by atoms with Crippen molar-refractivity contribution in [2.45, 2.75) is 77.7 Å². The Morgan fingerprint density at radius 3 is 2.50 bits per heavy atom. The van der Waals surface area contributed by atoms with Crippen molar-refractivity contribution in [1.29, 1.82) is 0 Å². The molecule has 0 saturated carbocycles. The first kappa shape index (κ1) is 15.3. The zero-order chi connectivity index (χ0) is 13.2. The van der Waals surface area contributed by atoms with Crippen molar-refractivity contribution in [3.8, 4) is 0 Å². The molecule has 1 fully saturated rings. The molecule has 1 N–H and O–H groups in total. The maximum atomic E-state index is 11.0. The van der Waals surface area contributed by atoms with Crippen LogP contribution in [0, 0.1) is 5.92 Å². The Morgan fingerprint density at radius 1 is 1.17 bits per heavy atom. The van der Waals surface area contributed by atoms with Gasteiger partial charge >= 0.3 is 6.09 Å². The molecule has 1 amide bonds. The molecule has 0 bridgehead atoms. The number of nitrogens with one attached hydrogen (secondary N) is 1. The molecule has 1 heterocycles. The monoisotopic (exact) mass is 255 g/mol. The predicted molar refractivity (Wildman–Crippen MR) is 74.7 cm³/mol. The standard InChI is InChI=1S/C15H29NO2/c1-3-5-7-8-10-13(9-6-4-2)11-14-12-16-15(17)18-14/h13-14H,3-12H2,1-2H3,(H,16,17). The maximum absolute atomic E-state index is 11.0. The molecule has 1 rings (SSSR count). The van der Waals surface area contributed by atoms with Gasteiger partial charge in [0.1, 0.15) is 6.10 Å². The molecular weight excluding hydrogens is 226 g/mol. The summed E-state index contributed by atoms with van der Waals surface area (Å²) in [4.78, 5) is 11.0. The number of hydrogen-bond donors (Lipinski definition) is 1. The molecule has 2 unspecified atom stereocenters. The Hall–Kier alpha value is -0.730. The molecule has 1 saturated heterocycles. The third-order valence-corrected chi connectivity index (χ3v) is 3.78. The SMILES string of the molecule is CCCCCCC(CCCC)CC1CNC(=O)O1. The van der Waals surface area contributed by atoms with Gasteiger partial charge in [0.25, 0.3) is 0 Å². The van der Waals surface area contributed by atoms with E-state index < -0.39 is 0 Å². The van der Waals surface area contributed by atoms with E-state index in [4.69, 9.17) is 4.74 Å². The number of amides is 1. The van der Waals surface area contributed by atoms with Crippen molar-refractivity contribution in [3.63, 3.8) is 0 Å². The van der Waals surface area contributed by atoms with E-state index in [-0.39, 0.29) is 12.2 Å². The second kappa shape index (κ2) is 9.23. The Morgan fingerprint density at radius 2 is 1.89 bits per heavy atom. The third kappa shape index (κ3) is 6.27. The molecule has 1 aliphatic heterocycles. The Bertz CT molecular complexity index is 231. The third-order valence-electron chi connectivity index (χ3n) is 3.78. The molecule has 106 valence electrons. The van der Waals surface area contributed by atoms with E-state index in [2.05, 4.69) is 19.2 Å². The van der Waals surface area contributed by atoms with E-state index in [9.17, 15) is 4.79 Å². The van der Waals surface area contributed by atoms with Gasteiger partial charge in [0.05, 0.1) is 6.54 Å². The molecule has 3 heteroatoms. The average Bonchev–Trinajstić information content (AvgIpc) is 2.77. The van der Waals surface area contributed by atoms with Crippen molar-refractivity contribution in [3.05, 3.63) is 0 Å². The van der Waals surface area contributed by atoms with Gasteiger partial charge in [0.2, 0.25) is 0 Å². The lowest BCUT2D eigenvalue weighted by Gasteiger charge is -2.19. The van der Waals surface area contributed by atoms with Gasteiger partial charge < -0.3 is 10.1 Å². The molecule has 0 aromatic heterocycles. The summed E-state index contributed by atoms with van der Waals surface area (Å²) in [7, 11) is 0. The van der Waals surface area contributed by atoms with Gasteiger partial charge in [-0.25, -0.2) is 4.79 Å². The van der Waals surface area contributed by atoms with Crippen LogP contribution < -0.4 is 5.32 Å². The van der Waals surface area contributed by atoms with Crippen LogP contribution in [0.2, 0.25) is 0 Å². The van der Waals surface area contributed by atoms with Gasteiger partial charge in [-0.15, -0.1) is 0 Å². The summed E-state index contributed by atoms with van der Waals surface area (Å²) in [6, 6.07) is 0. The Balaban J connectivity index is 2.23. The van der Waals surface area contributed by atoms with E-state index in [0.29, 0.717) is 6.54 Å². The second-order valence-electron chi connectivity index (χ2n) is 5.50. The molecular formula is C15H29NO2. The molecule has 0 aromatic rings. The van der Waals surface area contributed by atoms with Gasteiger partial charge in [0, 0.05) is 0 Å². The number of cyclic esters (lactones) is 1. The van der Waals surface area contributed by atoms with Crippen molar-refractivity contribution in [1.82, 2.24) is 5.32 Å². The molecule has 1 aliphatic rings. The Labute approximate surface area is 112 Å². The fourth-order valence-electron chi connectivity index (χ4n) is 2.67. The molecule has 18 heavy (non-hydrogen) atoms. The smallest absolute Gasteiger partial charge is 0.407 e. The Kier molecular flexibility index (Phi) is 7.86. The van der Waals surface area contributed by atoms with E-state index in [1.54, 1.807) is 0 Å². The topological polar surface area (TPSA) is 38.3 Å². The zero-order valence-electron chi connectivity index (χ0n) is 12.0. The summed E-state index contributed by atoms with van der Waals surface area (Å²) in [5.41, 5.74) is 0. The number of carbonyl (C=O) groups excluding carboxylic acids is 1. The first-order valence-electron chi connectivity index (χ1n) is 7.70. The molecule has 0 aromatic carbocycles. The highest BCUT2D eigenvalue weighted by molar-refractivity contribution is 5.69. The first-order chi connectivity index (χ1) is 8.76. The number of alkyl carbamates (subject to hydrolysis) is 1. The first-order valence-corrected chi connectivity index (χ1v) is 7.70. The number of hydrogen-bond acceptors (Lipinski definition) is 2. The average molecular weight is 255 g/mol. The lowest BCUT2D eigenvalue weighted by molar-refractivity contribution is 0.122. The van der Waals surface area contributed by atoms with Crippen LogP contribution in [0.1, 0.15) is 71.6 Å². The number of carbonyl (C=O) groups is 1. The normalized spacial score (nSPS) is 20.6. The van der Waals surface area contributed by atoms with Crippen molar-refractivity contribution < 1.29 is 9.53 Å². The van der Waals surface area contributed by atoms with Crippen LogP contribution in [0.25, 0.3) is 0 Å². The highest BCUT2D eigenvalue weighted by Crippen LogP contribution is 2.24. The molecule has 2 atom stereocenters. The number of rotatable bonds is 10. The summed E-state index contributed by atoms with van der Waals surface area (Å²) in [6.07, 6.45) is 11.4. The van der Waals surface area contributed by atoms with Crippen LogP contribution >= 0.6 is 0 Å². The number of unbranched alkanes of at least 4 members (excludes halogenated alkanes) is 4. The minimum atomic E-state index is -0.236. The van der Waals surface area contributed by atoms with Crippen LogP contribution in [0.4, 0.5) is 4.79 Å². The summed E-state index contributed by atoms with van der Waals surface area (Å²) in [5, 5.41) is 2.75. The molecule has 0 radical (unpaired) electrons. The van der Waals surface area contributed by atoms with Gasteiger partial charge in [-0.1, -0.05) is 65.2 Å². The maximum Gasteiger partial charge on any atom is 0.407 e. The van der Waals surface area contributed by atoms with E-state index in [0.717, 1.165) is 12.3 Å². The summed E-state index contributed by atoms with van der Waals surface area (Å²) in [6.45, 7) is 5.19. The van der Waals surface area contributed by atoms with Crippen molar-refractivity contribution >= 4 is 6.09 Å². The van der Waals surface area contributed by atoms with Gasteiger partial charge in [0.15, 0.2) is 0 Å². The molecule has 0 aliphatic carbocycles. The fourth-order valence-corrected chi connectivity index (χ4v) is 2.67. The zero-order valence-corrected chi connectivity index (χ0v) is 12.0. The fraction of sp³-hybridized carbons (Fsp3) is 0.933. The van der Waals surface area contributed by atoms with Crippen LogP contribution in [-0.2, 0) is 4.74 Å². The number of ether oxygens (including phenoxy) is 1. The predicted octanol–water partition coefficient (Wildman–Crippen LogP) is 4.26.